The number of aryl methyl sites for hydroxylation is 2. The first-order valence-electron chi connectivity index (χ1n) is 5.48. The molecule has 0 fully saturated rings. The molecule has 1 aromatic carbocycles. The molecule has 0 aliphatic carbocycles. The Bertz CT molecular complexity index is 578. The van der Waals surface area contributed by atoms with Crippen LogP contribution < -0.4 is 5.32 Å². The molecule has 0 aliphatic rings. The molecule has 6 heteroatoms. The molecule has 0 spiro atoms. The number of nitrogens with one attached hydrogen (secondary N) is 1. The summed E-state index contributed by atoms with van der Waals surface area (Å²) in [6.45, 7) is 4.01. The van der Waals surface area contributed by atoms with Gasteiger partial charge in [-0.25, -0.2) is 0 Å². The number of hydrogen-bond acceptors (Lipinski definition) is 5. The van der Waals surface area contributed by atoms with Crippen molar-refractivity contribution in [3.63, 3.8) is 0 Å². The number of nitrogens with zero attached hydrogens (tertiary/aromatic N) is 2. The summed E-state index contributed by atoms with van der Waals surface area (Å²) in [4.78, 5) is 10.5. The largest absolute Gasteiger partial charge is 0.372 e. The number of aromatic nitrogens is 1. The fourth-order valence-electron chi connectivity index (χ4n) is 1.71. The summed E-state index contributed by atoms with van der Waals surface area (Å²) in [7, 11) is 0. The number of anilines is 1. The smallest absolute Gasteiger partial charge is 0.292 e. The van der Waals surface area contributed by atoms with E-state index < -0.39 is 4.92 Å². The molecule has 18 heavy (non-hydrogen) atoms. The topological polar surface area (TPSA) is 81.2 Å². The first-order valence-corrected chi connectivity index (χ1v) is 5.48. The van der Waals surface area contributed by atoms with Crippen LogP contribution in [-0.2, 0) is 6.54 Å². The van der Waals surface area contributed by atoms with Gasteiger partial charge < -0.3 is 9.84 Å². The quantitative estimate of drug-likeness (QED) is 0.663. The van der Waals surface area contributed by atoms with E-state index in [1.807, 2.05) is 19.9 Å². The summed E-state index contributed by atoms with van der Waals surface area (Å²) < 4.78 is 5.04. The molecule has 2 aromatic rings. The molecule has 0 bridgehead atoms. The predicted molar refractivity (Wildman–Crippen MR) is 66.4 cm³/mol. The lowest BCUT2D eigenvalue weighted by molar-refractivity contribution is -0.384. The molecule has 0 unspecified atom stereocenters. The summed E-state index contributed by atoms with van der Waals surface area (Å²) in [5.74, 6) is 0.644. The third-order valence-electron chi connectivity index (χ3n) is 2.56. The molecule has 0 amide bonds. The molecule has 1 aromatic heterocycles. The zero-order valence-electron chi connectivity index (χ0n) is 10.1. The molecule has 0 atom stereocenters. The van der Waals surface area contributed by atoms with E-state index in [0.29, 0.717) is 18.0 Å². The Hall–Kier alpha value is -2.37. The second-order valence-corrected chi connectivity index (χ2v) is 4.01. The van der Waals surface area contributed by atoms with Crippen LogP contribution in [0.2, 0.25) is 0 Å². The van der Waals surface area contributed by atoms with Crippen LogP contribution in [0, 0.1) is 24.0 Å². The van der Waals surface area contributed by atoms with E-state index in [2.05, 4.69) is 10.5 Å². The van der Waals surface area contributed by atoms with Crippen molar-refractivity contribution in [3.05, 3.63) is 51.4 Å². The zero-order chi connectivity index (χ0) is 13.1. The van der Waals surface area contributed by atoms with Crippen molar-refractivity contribution >= 4 is 11.4 Å². The van der Waals surface area contributed by atoms with E-state index in [-0.39, 0.29) is 5.69 Å². The van der Waals surface area contributed by atoms with Crippen LogP contribution in [0.4, 0.5) is 11.4 Å². The minimum atomic E-state index is -0.402. The minimum Gasteiger partial charge on any atom is -0.372 e. The standard InChI is InChI=1S/C12H13N3O3/c1-8-4-3-5-11(15(16)17)12(8)13-7-10-6-9(2)14-18-10/h3-6,13H,7H2,1-2H3. The molecule has 94 valence electrons. The molecule has 6 nitrogen and oxygen atoms in total. The average Bonchev–Trinajstić information content (AvgIpc) is 2.73. The summed E-state index contributed by atoms with van der Waals surface area (Å²) in [6, 6.07) is 6.75. The van der Waals surface area contributed by atoms with Gasteiger partial charge in [0.05, 0.1) is 17.2 Å². The van der Waals surface area contributed by atoms with Crippen LogP contribution in [0.5, 0.6) is 0 Å². The van der Waals surface area contributed by atoms with Crippen molar-refractivity contribution in [1.29, 1.82) is 0 Å². The SMILES string of the molecule is Cc1cc(CNc2c(C)cccc2[N+](=O)[O-])on1. The second kappa shape index (κ2) is 4.87. The van der Waals surface area contributed by atoms with Gasteiger partial charge in [-0.2, -0.15) is 0 Å². The normalized spacial score (nSPS) is 10.3. The van der Waals surface area contributed by atoms with E-state index in [4.69, 9.17) is 4.52 Å². The molecule has 0 radical (unpaired) electrons. The highest BCUT2D eigenvalue weighted by Gasteiger charge is 2.15. The lowest BCUT2D eigenvalue weighted by Crippen LogP contribution is -2.03. The van der Waals surface area contributed by atoms with Gasteiger partial charge in [0, 0.05) is 12.1 Å². The Labute approximate surface area is 104 Å². The van der Waals surface area contributed by atoms with Gasteiger partial charge >= 0.3 is 0 Å². The van der Waals surface area contributed by atoms with Crippen LogP contribution in [0.15, 0.2) is 28.8 Å². The van der Waals surface area contributed by atoms with Crippen LogP contribution in [0.25, 0.3) is 0 Å². The highest BCUT2D eigenvalue weighted by molar-refractivity contribution is 5.65. The van der Waals surface area contributed by atoms with Crippen LogP contribution in [0.1, 0.15) is 17.0 Å². The Morgan fingerprint density at radius 2 is 2.22 bits per heavy atom. The third kappa shape index (κ3) is 2.48. The molecular weight excluding hydrogens is 234 g/mol. The van der Waals surface area contributed by atoms with Gasteiger partial charge in [-0.15, -0.1) is 0 Å². The number of nitro groups is 1. The summed E-state index contributed by atoms with van der Waals surface area (Å²) in [5.41, 5.74) is 2.18. The van der Waals surface area contributed by atoms with Crippen LogP contribution in [-0.4, -0.2) is 10.1 Å². The molecule has 0 saturated carbocycles. The monoisotopic (exact) mass is 247 g/mol. The number of para-hydroxylation sites is 1. The Balaban J connectivity index is 2.20. The van der Waals surface area contributed by atoms with E-state index >= 15 is 0 Å². The van der Waals surface area contributed by atoms with E-state index in [0.717, 1.165) is 11.3 Å². The van der Waals surface area contributed by atoms with Crippen molar-refractivity contribution in [1.82, 2.24) is 5.16 Å². The van der Waals surface area contributed by atoms with Gasteiger partial charge in [0.25, 0.3) is 5.69 Å². The third-order valence-corrected chi connectivity index (χ3v) is 2.56. The Morgan fingerprint density at radius 1 is 1.44 bits per heavy atom. The molecule has 1 heterocycles. The number of benzene rings is 1. The summed E-state index contributed by atoms with van der Waals surface area (Å²) in [5, 5.41) is 17.7. The molecule has 0 saturated heterocycles. The van der Waals surface area contributed by atoms with Crippen LogP contribution >= 0.6 is 0 Å². The Kier molecular flexibility index (Phi) is 3.27. The second-order valence-electron chi connectivity index (χ2n) is 4.01. The zero-order valence-corrected chi connectivity index (χ0v) is 10.1. The fraction of sp³-hybridized carbons (Fsp3) is 0.250. The molecule has 1 N–H and O–H groups in total. The lowest BCUT2D eigenvalue weighted by Gasteiger charge is -2.07. The van der Waals surface area contributed by atoms with Gasteiger partial charge in [-0.3, -0.25) is 10.1 Å². The van der Waals surface area contributed by atoms with Crippen molar-refractivity contribution in [2.45, 2.75) is 20.4 Å². The number of hydrogen-bond donors (Lipinski definition) is 1. The maximum atomic E-state index is 10.9. The summed E-state index contributed by atoms with van der Waals surface area (Å²) >= 11 is 0. The summed E-state index contributed by atoms with van der Waals surface area (Å²) in [6.07, 6.45) is 0. The predicted octanol–water partition coefficient (Wildman–Crippen LogP) is 2.81. The maximum absolute atomic E-state index is 10.9. The van der Waals surface area contributed by atoms with E-state index in [9.17, 15) is 10.1 Å². The van der Waals surface area contributed by atoms with Gasteiger partial charge in [0.2, 0.25) is 0 Å². The Morgan fingerprint density at radius 3 is 2.83 bits per heavy atom. The fourth-order valence-corrected chi connectivity index (χ4v) is 1.71. The minimum absolute atomic E-state index is 0.0613. The van der Waals surface area contributed by atoms with Gasteiger partial charge in [0.1, 0.15) is 5.69 Å². The average molecular weight is 247 g/mol. The van der Waals surface area contributed by atoms with E-state index in [1.165, 1.54) is 6.07 Å². The lowest BCUT2D eigenvalue weighted by atomic mass is 10.1. The first kappa shape index (κ1) is 12.1. The highest BCUT2D eigenvalue weighted by atomic mass is 16.6. The highest BCUT2D eigenvalue weighted by Crippen LogP contribution is 2.28. The number of rotatable bonds is 4. The molecule has 2 rings (SSSR count). The van der Waals surface area contributed by atoms with Gasteiger partial charge in [-0.1, -0.05) is 17.3 Å². The van der Waals surface area contributed by atoms with Crippen molar-refractivity contribution < 1.29 is 9.45 Å². The molecule has 0 aliphatic heterocycles. The van der Waals surface area contributed by atoms with E-state index in [1.54, 1.807) is 12.1 Å². The van der Waals surface area contributed by atoms with Crippen molar-refractivity contribution in [2.75, 3.05) is 5.32 Å². The van der Waals surface area contributed by atoms with Gasteiger partial charge in [-0.05, 0) is 19.4 Å². The first-order chi connectivity index (χ1) is 8.58. The van der Waals surface area contributed by atoms with Crippen LogP contribution in [0.3, 0.4) is 0 Å². The number of nitro benzene ring substituents is 1. The van der Waals surface area contributed by atoms with Gasteiger partial charge in [0.15, 0.2) is 5.76 Å². The molecular formula is C12H13N3O3. The van der Waals surface area contributed by atoms with Crippen molar-refractivity contribution in [2.24, 2.45) is 0 Å². The van der Waals surface area contributed by atoms with Crippen molar-refractivity contribution in [3.8, 4) is 0 Å². The maximum Gasteiger partial charge on any atom is 0.292 e.